The molecule has 5 nitrogen and oxygen atoms in total. The van der Waals surface area contributed by atoms with Crippen molar-refractivity contribution in [1.82, 2.24) is 0 Å². The van der Waals surface area contributed by atoms with Gasteiger partial charge in [0, 0.05) is 24.8 Å². The van der Waals surface area contributed by atoms with Gasteiger partial charge in [-0.15, -0.1) is 0 Å². The number of hydrogen-bond donors (Lipinski definition) is 3. The Morgan fingerprint density at radius 2 is 2.04 bits per heavy atom. The van der Waals surface area contributed by atoms with E-state index in [4.69, 9.17) is 4.74 Å². The highest BCUT2D eigenvalue weighted by atomic mass is 16.5. The zero-order valence-electron chi connectivity index (χ0n) is 16.3. The van der Waals surface area contributed by atoms with Crippen LogP contribution in [0.3, 0.4) is 0 Å². The van der Waals surface area contributed by atoms with Crippen LogP contribution in [0.5, 0.6) is 0 Å². The highest BCUT2D eigenvalue weighted by Crippen LogP contribution is 2.37. The number of hydrogen-bond acceptors (Lipinski definition) is 5. The second-order valence-electron chi connectivity index (χ2n) is 8.10. The molecule has 0 aromatic carbocycles. The smallest absolute Gasteiger partial charge is 0.162 e. The Labute approximate surface area is 156 Å². The van der Waals surface area contributed by atoms with Gasteiger partial charge in [0.1, 0.15) is 11.9 Å². The first-order valence-corrected chi connectivity index (χ1v) is 9.42. The minimum atomic E-state index is -1.09. The highest BCUT2D eigenvalue weighted by Gasteiger charge is 2.44. The maximum atomic E-state index is 12.1. The molecule has 2 rings (SSSR count). The summed E-state index contributed by atoms with van der Waals surface area (Å²) in [6.45, 7) is 7.91. The van der Waals surface area contributed by atoms with Crippen LogP contribution in [0.15, 0.2) is 34.6 Å². The summed E-state index contributed by atoms with van der Waals surface area (Å²) in [5, 5.41) is 30.5. The number of ketones is 1. The monoisotopic (exact) mass is 364 g/mol. The molecular weight excluding hydrogens is 332 g/mol. The highest BCUT2D eigenvalue weighted by molar-refractivity contribution is 5.96. The minimum Gasteiger partial charge on any atom is -0.509 e. The Kier molecular flexibility index (Phi) is 6.83. The summed E-state index contributed by atoms with van der Waals surface area (Å²) in [4.78, 5) is 12.1. The Balaban J connectivity index is 2.04. The first-order chi connectivity index (χ1) is 12.1. The van der Waals surface area contributed by atoms with Crippen molar-refractivity contribution in [2.24, 2.45) is 0 Å². The predicted molar refractivity (Wildman–Crippen MR) is 101 cm³/mol. The molecular formula is C21H32O5. The van der Waals surface area contributed by atoms with Crippen LogP contribution in [0.4, 0.5) is 0 Å². The Bertz CT molecular complexity index is 622. The van der Waals surface area contributed by atoms with Crippen LogP contribution >= 0.6 is 0 Å². The van der Waals surface area contributed by atoms with Gasteiger partial charge in [-0.3, -0.25) is 4.79 Å². The molecule has 5 heteroatoms. The summed E-state index contributed by atoms with van der Waals surface area (Å²) in [6.07, 6.45) is 5.38. The first-order valence-electron chi connectivity index (χ1n) is 9.42. The Morgan fingerprint density at radius 1 is 1.35 bits per heavy atom. The van der Waals surface area contributed by atoms with Crippen molar-refractivity contribution < 1.29 is 24.9 Å². The number of ether oxygens (including phenoxy) is 1. The van der Waals surface area contributed by atoms with Gasteiger partial charge in [0.05, 0.1) is 17.8 Å². The molecule has 146 valence electrons. The van der Waals surface area contributed by atoms with E-state index < -0.39 is 17.8 Å². The fourth-order valence-corrected chi connectivity index (χ4v) is 3.60. The standard InChI is InChI=1S/C21H32O5/c1-13(2)6-5-7-14(3)10-15-12-21(4,25)19(26-15)11-16-17(22)8-9-18(23)20(16)24/h6,10,15,18-19,23-25H,5,7-9,11-12H2,1-4H3. The van der Waals surface area contributed by atoms with Gasteiger partial charge < -0.3 is 20.1 Å². The molecule has 1 saturated heterocycles. The summed E-state index contributed by atoms with van der Waals surface area (Å²) in [6, 6.07) is 0. The topological polar surface area (TPSA) is 87.0 Å². The van der Waals surface area contributed by atoms with Crippen molar-refractivity contribution in [3.05, 3.63) is 34.6 Å². The summed E-state index contributed by atoms with van der Waals surface area (Å²) >= 11 is 0. The van der Waals surface area contributed by atoms with Gasteiger partial charge >= 0.3 is 0 Å². The van der Waals surface area contributed by atoms with E-state index in [1.165, 1.54) is 11.1 Å². The average Bonchev–Trinajstić information content (AvgIpc) is 2.80. The summed E-state index contributed by atoms with van der Waals surface area (Å²) in [5.41, 5.74) is 1.61. The van der Waals surface area contributed by atoms with E-state index in [-0.39, 0.29) is 42.5 Å². The van der Waals surface area contributed by atoms with E-state index in [1.54, 1.807) is 6.92 Å². The molecule has 0 amide bonds. The van der Waals surface area contributed by atoms with Crippen LogP contribution in [0.25, 0.3) is 0 Å². The van der Waals surface area contributed by atoms with E-state index in [1.807, 2.05) is 6.08 Å². The number of carbonyl (C=O) groups excluding carboxylic acids is 1. The van der Waals surface area contributed by atoms with Crippen LogP contribution in [0.2, 0.25) is 0 Å². The first kappa shape index (κ1) is 20.9. The number of Topliss-reactive ketones (excluding diaryl/α,β-unsaturated/α-hetero) is 1. The number of carbonyl (C=O) groups is 1. The maximum Gasteiger partial charge on any atom is 0.162 e. The number of aliphatic hydroxyl groups is 3. The molecule has 4 unspecified atom stereocenters. The Morgan fingerprint density at radius 3 is 2.69 bits per heavy atom. The van der Waals surface area contributed by atoms with Crippen LogP contribution in [0, 0.1) is 0 Å². The lowest BCUT2D eigenvalue weighted by Gasteiger charge is -2.27. The fraction of sp³-hybridized carbons (Fsp3) is 0.667. The lowest BCUT2D eigenvalue weighted by Crippen LogP contribution is -2.36. The molecule has 0 radical (unpaired) electrons. The zero-order valence-corrected chi connectivity index (χ0v) is 16.3. The van der Waals surface area contributed by atoms with Crippen molar-refractivity contribution in [2.45, 2.75) is 90.1 Å². The molecule has 0 aromatic rings. The number of rotatable bonds is 6. The second kappa shape index (κ2) is 8.51. The average molecular weight is 364 g/mol. The van der Waals surface area contributed by atoms with Crippen LogP contribution in [-0.4, -0.2) is 45.0 Å². The van der Waals surface area contributed by atoms with E-state index in [0.717, 1.165) is 12.8 Å². The maximum absolute atomic E-state index is 12.1. The van der Waals surface area contributed by atoms with Gasteiger partial charge in [0.15, 0.2) is 5.78 Å². The number of allylic oxidation sites excluding steroid dienone is 3. The molecule has 1 heterocycles. The summed E-state index contributed by atoms with van der Waals surface area (Å²) in [5.74, 6) is -0.443. The van der Waals surface area contributed by atoms with E-state index in [2.05, 4.69) is 26.8 Å². The molecule has 2 aliphatic rings. The SMILES string of the molecule is CC(C)=CCCC(C)=CC1CC(C)(O)C(CC2=C(O)C(O)CCC2=O)O1. The lowest BCUT2D eigenvalue weighted by atomic mass is 9.85. The van der Waals surface area contributed by atoms with Crippen LogP contribution < -0.4 is 0 Å². The molecule has 0 saturated carbocycles. The molecule has 4 atom stereocenters. The van der Waals surface area contributed by atoms with Crippen molar-refractivity contribution in [2.75, 3.05) is 0 Å². The molecule has 0 spiro atoms. The predicted octanol–water partition coefficient (Wildman–Crippen LogP) is 3.51. The van der Waals surface area contributed by atoms with Gasteiger partial charge in [-0.25, -0.2) is 0 Å². The molecule has 3 N–H and O–H groups in total. The van der Waals surface area contributed by atoms with E-state index in [9.17, 15) is 20.1 Å². The van der Waals surface area contributed by atoms with Crippen molar-refractivity contribution >= 4 is 5.78 Å². The molecule has 1 aliphatic carbocycles. The molecule has 26 heavy (non-hydrogen) atoms. The largest absolute Gasteiger partial charge is 0.509 e. The third-order valence-electron chi connectivity index (χ3n) is 5.20. The second-order valence-corrected chi connectivity index (χ2v) is 8.10. The Hall–Kier alpha value is -1.43. The minimum absolute atomic E-state index is 0.121. The third kappa shape index (κ3) is 5.29. The quantitative estimate of drug-likeness (QED) is 0.628. The van der Waals surface area contributed by atoms with Crippen LogP contribution in [-0.2, 0) is 9.53 Å². The zero-order chi connectivity index (χ0) is 19.5. The third-order valence-corrected chi connectivity index (χ3v) is 5.20. The number of aliphatic hydroxyl groups excluding tert-OH is 2. The lowest BCUT2D eigenvalue weighted by molar-refractivity contribution is -0.118. The van der Waals surface area contributed by atoms with Crippen molar-refractivity contribution in [3.8, 4) is 0 Å². The van der Waals surface area contributed by atoms with E-state index >= 15 is 0 Å². The molecule has 1 aliphatic heterocycles. The van der Waals surface area contributed by atoms with Gasteiger partial charge in [0.25, 0.3) is 0 Å². The van der Waals surface area contributed by atoms with E-state index in [0.29, 0.717) is 6.42 Å². The molecule has 0 aromatic heterocycles. The summed E-state index contributed by atoms with van der Waals surface area (Å²) in [7, 11) is 0. The van der Waals surface area contributed by atoms with Gasteiger partial charge in [-0.2, -0.15) is 0 Å². The normalized spacial score (nSPS) is 32.9. The van der Waals surface area contributed by atoms with Crippen LogP contribution in [0.1, 0.15) is 66.2 Å². The van der Waals surface area contributed by atoms with Gasteiger partial charge in [-0.05, 0) is 47.0 Å². The van der Waals surface area contributed by atoms with Crippen molar-refractivity contribution in [3.63, 3.8) is 0 Å². The summed E-state index contributed by atoms with van der Waals surface area (Å²) < 4.78 is 5.99. The van der Waals surface area contributed by atoms with Crippen molar-refractivity contribution in [1.29, 1.82) is 0 Å². The molecule has 0 bridgehead atoms. The fourth-order valence-electron chi connectivity index (χ4n) is 3.60. The van der Waals surface area contributed by atoms with Gasteiger partial charge in [-0.1, -0.05) is 23.3 Å². The van der Waals surface area contributed by atoms with Gasteiger partial charge in [0.2, 0.25) is 0 Å². The molecule has 1 fully saturated rings.